The summed E-state index contributed by atoms with van der Waals surface area (Å²) in [4.78, 5) is 0. The number of hydrogen-bond donors (Lipinski definition) is 0. The first-order valence-electron chi connectivity index (χ1n) is 9.69. The van der Waals surface area contributed by atoms with E-state index in [4.69, 9.17) is 5.26 Å². The summed E-state index contributed by atoms with van der Waals surface area (Å²) in [7, 11) is 0. The van der Waals surface area contributed by atoms with E-state index in [0.29, 0.717) is 0 Å². The number of benzene rings is 1. The lowest BCUT2D eigenvalue weighted by atomic mass is 9.72. The zero-order chi connectivity index (χ0) is 16.8. The van der Waals surface area contributed by atoms with Gasteiger partial charge < -0.3 is 0 Å². The fraction of sp³-hybridized carbons (Fsp3) is 0.522. The molecule has 0 radical (unpaired) electrons. The molecule has 0 spiro atoms. The zero-order valence-electron chi connectivity index (χ0n) is 14.9. The van der Waals surface area contributed by atoms with Crippen LogP contribution in [0.5, 0.6) is 0 Å². The molecule has 1 unspecified atom stereocenters. The van der Waals surface area contributed by atoms with Gasteiger partial charge in [0.2, 0.25) is 0 Å². The van der Waals surface area contributed by atoms with Crippen molar-refractivity contribution < 1.29 is 0 Å². The first-order valence-corrected chi connectivity index (χ1v) is 9.69. The van der Waals surface area contributed by atoms with Gasteiger partial charge in [-0.25, -0.2) is 0 Å². The maximum atomic E-state index is 8.91. The van der Waals surface area contributed by atoms with E-state index in [9.17, 15) is 0 Å². The fourth-order valence-corrected chi connectivity index (χ4v) is 4.34. The number of hydrogen-bond acceptors (Lipinski definition) is 1. The molecular weight excluding hydrogens is 290 g/mol. The van der Waals surface area contributed by atoms with Crippen molar-refractivity contribution in [1.82, 2.24) is 0 Å². The quantitative estimate of drug-likeness (QED) is 0.606. The van der Waals surface area contributed by atoms with E-state index in [1.807, 2.05) is 12.1 Å². The molecule has 1 aromatic carbocycles. The Morgan fingerprint density at radius 1 is 1.08 bits per heavy atom. The van der Waals surface area contributed by atoms with Crippen LogP contribution in [0.4, 0.5) is 0 Å². The first kappa shape index (κ1) is 17.0. The molecule has 1 heteroatoms. The molecule has 0 aromatic heterocycles. The van der Waals surface area contributed by atoms with Crippen molar-refractivity contribution in [1.29, 1.82) is 5.26 Å². The Labute approximate surface area is 147 Å². The Balaban J connectivity index is 1.52. The topological polar surface area (TPSA) is 23.8 Å². The van der Waals surface area contributed by atoms with Gasteiger partial charge >= 0.3 is 0 Å². The van der Waals surface area contributed by atoms with Crippen molar-refractivity contribution in [2.75, 3.05) is 0 Å². The molecule has 0 bridgehead atoms. The number of rotatable bonds is 5. The Morgan fingerprint density at radius 3 is 2.42 bits per heavy atom. The average molecular weight is 319 g/mol. The lowest BCUT2D eigenvalue weighted by molar-refractivity contribution is 0.219. The van der Waals surface area contributed by atoms with E-state index >= 15 is 0 Å². The Kier molecular flexibility index (Phi) is 5.91. The minimum Gasteiger partial charge on any atom is -0.192 e. The van der Waals surface area contributed by atoms with Crippen LogP contribution in [0.25, 0.3) is 5.57 Å². The molecule has 0 amide bonds. The summed E-state index contributed by atoms with van der Waals surface area (Å²) in [6.45, 7) is 2.30. The summed E-state index contributed by atoms with van der Waals surface area (Å²) in [5.41, 5.74) is 3.27. The second-order valence-electron chi connectivity index (χ2n) is 7.53. The summed E-state index contributed by atoms with van der Waals surface area (Å²) in [6, 6.07) is 10.1. The van der Waals surface area contributed by atoms with Gasteiger partial charge in [0, 0.05) is 0 Å². The van der Waals surface area contributed by atoms with Crippen molar-refractivity contribution in [3.8, 4) is 6.07 Å². The third-order valence-corrected chi connectivity index (χ3v) is 5.94. The SMILES string of the molecule is CCCC[C@H]1CC[C@H](C2C=CC(c3ccc(C#N)cc3)=CC2)CC1. The maximum absolute atomic E-state index is 8.91. The molecule has 24 heavy (non-hydrogen) atoms. The summed E-state index contributed by atoms with van der Waals surface area (Å²) in [5.74, 6) is 2.62. The summed E-state index contributed by atoms with van der Waals surface area (Å²) in [5, 5.41) is 8.91. The van der Waals surface area contributed by atoms with Gasteiger partial charge in [0.05, 0.1) is 11.6 Å². The molecule has 126 valence electrons. The van der Waals surface area contributed by atoms with Crippen LogP contribution in [0.1, 0.15) is 69.4 Å². The van der Waals surface area contributed by atoms with E-state index in [-0.39, 0.29) is 0 Å². The Bertz CT molecular complexity index is 621. The summed E-state index contributed by atoms with van der Waals surface area (Å²) >= 11 is 0. The van der Waals surface area contributed by atoms with Gasteiger partial charge in [0.1, 0.15) is 0 Å². The average Bonchev–Trinajstić information content (AvgIpc) is 2.67. The van der Waals surface area contributed by atoms with Crippen LogP contribution < -0.4 is 0 Å². The highest BCUT2D eigenvalue weighted by Crippen LogP contribution is 2.39. The number of nitriles is 1. The normalized spacial score (nSPS) is 26.7. The van der Waals surface area contributed by atoms with Crippen LogP contribution in [-0.4, -0.2) is 0 Å². The monoisotopic (exact) mass is 319 g/mol. The van der Waals surface area contributed by atoms with Crippen LogP contribution in [0.2, 0.25) is 0 Å². The van der Waals surface area contributed by atoms with Crippen molar-refractivity contribution >= 4 is 5.57 Å². The molecule has 2 aliphatic rings. The van der Waals surface area contributed by atoms with E-state index in [1.54, 1.807) is 0 Å². The molecule has 1 atom stereocenters. The summed E-state index contributed by atoms with van der Waals surface area (Å²) in [6.07, 6.45) is 18.3. The van der Waals surface area contributed by atoms with Crippen LogP contribution in [0.3, 0.4) is 0 Å². The maximum Gasteiger partial charge on any atom is 0.0991 e. The minimum absolute atomic E-state index is 0.733. The minimum atomic E-state index is 0.733. The van der Waals surface area contributed by atoms with Gasteiger partial charge in [-0.15, -0.1) is 0 Å². The van der Waals surface area contributed by atoms with Gasteiger partial charge in [0.25, 0.3) is 0 Å². The van der Waals surface area contributed by atoms with Gasteiger partial charge in [0.15, 0.2) is 0 Å². The highest BCUT2D eigenvalue weighted by molar-refractivity contribution is 5.75. The van der Waals surface area contributed by atoms with Crippen molar-refractivity contribution in [2.45, 2.75) is 58.3 Å². The fourth-order valence-electron chi connectivity index (χ4n) is 4.34. The molecule has 0 aliphatic heterocycles. The van der Waals surface area contributed by atoms with Gasteiger partial charge in [-0.1, -0.05) is 69.4 Å². The van der Waals surface area contributed by atoms with Crippen LogP contribution in [0, 0.1) is 29.1 Å². The number of nitrogens with zero attached hydrogens (tertiary/aromatic N) is 1. The Morgan fingerprint density at radius 2 is 1.83 bits per heavy atom. The van der Waals surface area contributed by atoms with Crippen molar-refractivity contribution in [3.63, 3.8) is 0 Å². The molecular formula is C23H29N. The number of unbranched alkanes of at least 4 members (excludes halogenated alkanes) is 1. The number of allylic oxidation sites excluding steroid dienone is 4. The third-order valence-electron chi connectivity index (χ3n) is 5.94. The molecule has 1 nitrogen and oxygen atoms in total. The lowest BCUT2D eigenvalue weighted by Crippen LogP contribution is -2.21. The Hall–Kier alpha value is -1.81. The van der Waals surface area contributed by atoms with Gasteiger partial charge in [-0.05, 0) is 60.3 Å². The molecule has 0 heterocycles. The van der Waals surface area contributed by atoms with E-state index in [1.165, 1.54) is 62.5 Å². The lowest BCUT2D eigenvalue weighted by Gasteiger charge is -2.33. The molecule has 0 N–H and O–H groups in total. The van der Waals surface area contributed by atoms with Crippen LogP contribution >= 0.6 is 0 Å². The van der Waals surface area contributed by atoms with Crippen LogP contribution in [0.15, 0.2) is 42.5 Å². The standard InChI is InChI=1S/C23H29N/c1-2-3-4-18-5-9-20(10-6-18)22-13-15-23(16-14-22)21-11-7-19(17-24)8-12-21/h7-8,11-13,15-16,18,20,22H,2-6,9-10,14H2,1H3/t18-,20-,22?. The highest BCUT2D eigenvalue weighted by Gasteiger charge is 2.26. The summed E-state index contributed by atoms with van der Waals surface area (Å²) < 4.78 is 0. The molecule has 0 saturated heterocycles. The van der Waals surface area contributed by atoms with E-state index < -0.39 is 0 Å². The molecule has 1 saturated carbocycles. The van der Waals surface area contributed by atoms with Gasteiger partial charge in [-0.2, -0.15) is 5.26 Å². The molecule has 3 rings (SSSR count). The second kappa shape index (κ2) is 8.34. The third kappa shape index (κ3) is 4.18. The second-order valence-corrected chi connectivity index (χ2v) is 7.53. The van der Waals surface area contributed by atoms with Crippen LogP contribution in [-0.2, 0) is 0 Å². The largest absolute Gasteiger partial charge is 0.192 e. The van der Waals surface area contributed by atoms with E-state index in [2.05, 4.69) is 43.4 Å². The molecule has 2 aliphatic carbocycles. The smallest absolute Gasteiger partial charge is 0.0991 e. The highest BCUT2D eigenvalue weighted by atomic mass is 14.3. The molecule has 1 fully saturated rings. The predicted octanol–water partition coefficient (Wildman–Crippen LogP) is 6.51. The van der Waals surface area contributed by atoms with Gasteiger partial charge in [-0.3, -0.25) is 0 Å². The zero-order valence-corrected chi connectivity index (χ0v) is 14.9. The van der Waals surface area contributed by atoms with Crippen molar-refractivity contribution in [2.24, 2.45) is 17.8 Å². The van der Waals surface area contributed by atoms with Crippen molar-refractivity contribution in [3.05, 3.63) is 53.6 Å². The first-order chi connectivity index (χ1) is 11.8. The van der Waals surface area contributed by atoms with E-state index in [0.717, 1.165) is 23.3 Å². The molecule has 1 aromatic rings. The predicted molar refractivity (Wildman–Crippen MR) is 101 cm³/mol.